The van der Waals surface area contributed by atoms with Gasteiger partial charge in [0.05, 0.1) is 27.4 Å². The average molecular weight is 711 g/mol. The summed E-state index contributed by atoms with van der Waals surface area (Å²) < 4.78 is 37.1. The fourth-order valence-corrected chi connectivity index (χ4v) is 4.97. The van der Waals surface area contributed by atoms with E-state index in [0.29, 0.717) is 11.1 Å². The van der Waals surface area contributed by atoms with Gasteiger partial charge in [-0.3, -0.25) is 0 Å². The molecule has 274 valence electrons. The Labute approximate surface area is 284 Å². The maximum Gasteiger partial charge on any atom is 0.333 e. The van der Waals surface area contributed by atoms with Gasteiger partial charge in [-0.2, -0.15) is 0 Å². The summed E-state index contributed by atoms with van der Waals surface area (Å²) in [4.78, 5) is 25.2. The first-order valence-corrected chi connectivity index (χ1v) is 15.0. The molecule has 2 aliphatic heterocycles. The Morgan fingerprint density at radius 1 is 0.700 bits per heavy atom. The SMILES string of the molecule is COc1cc(/C=C/C(=O)O[C@H]2[C@H](OC[C@H]3O[C@@H](OC(=O)/C=C/c4ccc(O)c(O)c4)[C@H](O)[C@@H](O)[C@@H]3O)O[C@H](CO)[C@@H](O)[C@@H]2O)cc(OC)c1O. The van der Waals surface area contributed by atoms with E-state index in [1.807, 2.05) is 0 Å². The van der Waals surface area contributed by atoms with Gasteiger partial charge < -0.3 is 79.1 Å². The summed E-state index contributed by atoms with van der Waals surface area (Å²) in [5.74, 6) is -3.11. The Kier molecular flexibility index (Phi) is 13.0. The maximum absolute atomic E-state index is 12.8. The van der Waals surface area contributed by atoms with Crippen LogP contribution in [0.2, 0.25) is 0 Å². The molecule has 2 aromatic rings. The molecule has 50 heavy (non-hydrogen) atoms. The predicted octanol–water partition coefficient (Wildman–Crippen LogP) is -1.73. The number of phenols is 3. The Balaban J connectivity index is 1.44. The lowest BCUT2D eigenvalue weighted by Gasteiger charge is -2.43. The monoisotopic (exact) mass is 710 g/mol. The standard InChI is InChI=1S/C32H38O18/c1-44-18-10-15(11-19(45-2)24(18)38)5-8-22(36)49-30-28(42)25(39)20(12-33)47-32(30)46-13-21-26(40)27(41)29(43)31(48-21)50-23(37)7-4-14-3-6-16(34)17(35)9-14/h3-11,20-21,25-35,38-43H,12-13H2,1-2H3/b7-4+,8-5+/t20-,21-,25-,26-,27+,28+,29-,30-,31+,32-/m1/s1. The zero-order valence-electron chi connectivity index (χ0n) is 26.6. The first-order valence-electron chi connectivity index (χ1n) is 15.0. The summed E-state index contributed by atoms with van der Waals surface area (Å²) >= 11 is 0. The highest BCUT2D eigenvalue weighted by Crippen LogP contribution is 2.37. The number of methoxy groups -OCH3 is 2. The Morgan fingerprint density at radius 2 is 1.28 bits per heavy atom. The van der Waals surface area contributed by atoms with E-state index in [4.69, 9.17) is 33.2 Å². The van der Waals surface area contributed by atoms with Crippen LogP contribution < -0.4 is 9.47 Å². The number of hydrogen-bond acceptors (Lipinski definition) is 18. The number of benzene rings is 2. The van der Waals surface area contributed by atoms with Crippen LogP contribution in [0, 0.1) is 0 Å². The number of ether oxygens (including phenoxy) is 7. The minimum absolute atomic E-state index is 0.0496. The predicted molar refractivity (Wildman–Crippen MR) is 165 cm³/mol. The van der Waals surface area contributed by atoms with Crippen LogP contribution in [0.25, 0.3) is 12.2 Å². The minimum atomic E-state index is -1.91. The van der Waals surface area contributed by atoms with Crippen molar-refractivity contribution in [3.63, 3.8) is 0 Å². The van der Waals surface area contributed by atoms with E-state index < -0.39 is 92.3 Å². The van der Waals surface area contributed by atoms with Crippen molar-refractivity contribution in [1.82, 2.24) is 0 Å². The molecule has 2 saturated heterocycles. The number of aromatic hydroxyl groups is 3. The van der Waals surface area contributed by atoms with E-state index in [0.717, 1.165) is 18.2 Å². The van der Waals surface area contributed by atoms with Gasteiger partial charge in [0.25, 0.3) is 0 Å². The zero-order valence-corrected chi connectivity index (χ0v) is 26.6. The lowest BCUT2D eigenvalue weighted by Crippen LogP contribution is -2.62. The van der Waals surface area contributed by atoms with Crippen molar-refractivity contribution < 1.29 is 88.7 Å². The average Bonchev–Trinajstić information content (AvgIpc) is 3.10. The molecule has 2 aliphatic rings. The van der Waals surface area contributed by atoms with Crippen molar-refractivity contribution in [2.75, 3.05) is 27.4 Å². The summed E-state index contributed by atoms with van der Waals surface area (Å²) in [5, 5.41) is 91.3. The maximum atomic E-state index is 12.8. The number of carbonyl (C=O) groups is 2. The molecule has 0 bridgehead atoms. The number of aliphatic hydroxyl groups excluding tert-OH is 6. The molecule has 0 unspecified atom stereocenters. The van der Waals surface area contributed by atoms with Gasteiger partial charge in [0.1, 0.15) is 42.7 Å². The van der Waals surface area contributed by atoms with E-state index in [9.17, 15) is 55.5 Å². The first kappa shape index (κ1) is 38.3. The van der Waals surface area contributed by atoms with E-state index in [-0.39, 0.29) is 23.0 Å². The van der Waals surface area contributed by atoms with E-state index in [1.54, 1.807) is 0 Å². The zero-order chi connectivity index (χ0) is 36.7. The third kappa shape index (κ3) is 8.99. The number of phenolic OH excluding ortho intramolecular Hbond substituents is 3. The lowest BCUT2D eigenvalue weighted by atomic mass is 9.98. The van der Waals surface area contributed by atoms with Crippen LogP contribution in [-0.2, 0) is 33.3 Å². The summed E-state index contributed by atoms with van der Waals surface area (Å²) in [5.41, 5.74) is 0.647. The van der Waals surface area contributed by atoms with Crippen LogP contribution in [0.15, 0.2) is 42.5 Å². The highest BCUT2D eigenvalue weighted by Gasteiger charge is 2.49. The van der Waals surface area contributed by atoms with Gasteiger partial charge in [-0.25, -0.2) is 9.59 Å². The van der Waals surface area contributed by atoms with E-state index >= 15 is 0 Å². The topological polar surface area (TPSA) is 281 Å². The smallest absolute Gasteiger partial charge is 0.333 e. The second-order valence-electron chi connectivity index (χ2n) is 11.1. The molecule has 0 spiro atoms. The fourth-order valence-electron chi connectivity index (χ4n) is 4.97. The lowest BCUT2D eigenvalue weighted by molar-refractivity contribution is -0.327. The number of esters is 2. The molecule has 0 aliphatic carbocycles. The van der Waals surface area contributed by atoms with Gasteiger partial charge in [-0.1, -0.05) is 6.07 Å². The van der Waals surface area contributed by atoms with Gasteiger partial charge >= 0.3 is 11.9 Å². The van der Waals surface area contributed by atoms with Gasteiger partial charge in [-0.05, 0) is 47.5 Å². The Hall–Kier alpha value is -4.50. The summed E-state index contributed by atoms with van der Waals surface area (Å²) in [6, 6.07) is 6.52. The molecule has 9 N–H and O–H groups in total. The number of carbonyl (C=O) groups excluding carboxylic acids is 2. The molecule has 0 aromatic heterocycles. The number of aliphatic hydroxyl groups is 6. The summed E-state index contributed by atoms with van der Waals surface area (Å²) in [6.07, 6.45) is -13.0. The molecular weight excluding hydrogens is 672 g/mol. The quantitative estimate of drug-likeness (QED) is 0.0672. The molecule has 10 atom stereocenters. The van der Waals surface area contributed by atoms with Crippen LogP contribution in [0.4, 0.5) is 0 Å². The molecule has 2 heterocycles. The largest absolute Gasteiger partial charge is 0.504 e. The van der Waals surface area contributed by atoms with Crippen molar-refractivity contribution in [2.24, 2.45) is 0 Å². The van der Waals surface area contributed by atoms with Crippen LogP contribution in [0.3, 0.4) is 0 Å². The molecule has 0 amide bonds. The summed E-state index contributed by atoms with van der Waals surface area (Å²) in [6.45, 7) is -1.48. The molecular formula is C32H38O18. The van der Waals surface area contributed by atoms with Crippen LogP contribution >= 0.6 is 0 Å². The number of hydrogen-bond donors (Lipinski definition) is 9. The minimum Gasteiger partial charge on any atom is -0.504 e. The highest BCUT2D eigenvalue weighted by molar-refractivity contribution is 5.88. The van der Waals surface area contributed by atoms with E-state index in [2.05, 4.69) is 0 Å². The molecule has 2 fully saturated rings. The van der Waals surface area contributed by atoms with E-state index in [1.165, 1.54) is 50.6 Å². The molecule has 0 radical (unpaired) electrons. The normalized spacial score (nSPS) is 29.9. The van der Waals surface area contributed by atoms with Crippen molar-refractivity contribution in [3.8, 4) is 28.7 Å². The van der Waals surface area contributed by atoms with Gasteiger partial charge in [0, 0.05) is 12.2 Å². The molecule has 0 saturated carbocycles. The summed E-state index contributed by atoms with van der Waals surface area (Å²) in [7, 11) is 2.62. The van der Waals surface area contributed by atoms with Crippen LogP contribution in [-0.4, -0.2) is 147 Å². The molecule has 2 aromatic carbocycles. The van der Waals surface area contributed by atoms with Crippen molar-refractivity contribution in [2.45, 2.75) is 61.4 Å². The first-order chi connectivity index (χ1) is 23.8. The second kappa shape index (κ2) is 16.9. The third-order valence-electron chi connectivity index (χ3n) is 7.73. The molecule has 18 heteroatoms. The number of rotatable bonds is 12. The van der Waals surface area contributed by atoms with Gasteiger partial charge in [0.2, 0.25) is 12.0 Å². The highest BCUT2D eigenvalue weighted by atomic mass is 16.7. The third-order valence-corrected chi connectivity index (χ3v) is 7.73. The Morgan fingerprint density at radius 3 is 1.88 bits per heavy atom. The Bertz CT molecular complexity index is 1520. The van der Waals surface area contributed by atoms with Gasteiger partial charge in [0.15, 0.2) is 35.4 Å². The second-order valence-corrected chi connectivity index (χ2v) is 11.1. The van der Waals surface area contributed by atoms with Crippen molar-refractivity contribution >= 4 is 24.1 Å². The molecule has 18 nitrogen and oxygen atoms in total. The van der Waals surface area contributed by atoms with Crippen molar-refractivity contribution in [1.29, 1.82) is 0 Å². The fraction of sp³-hybridized carbons (Fsp3) is 0.438. The van der Waals surface area contributed by atoms with Gasteiger partial charge in [-0.15, -0.1) is 0 Å². The van der Waals surface area contributed by atoms with Crippen LogP contribution in [0.5, 0.6) is 28.7 Å². The van der Waals surface area contributed by atoms with Crippen LogP contribution in [0.1, 0.15) is 11.1 Å². The molecule has 4 rings (SSSR count). The van der Waals surface area contributed by atoms with Crippen molar-refractivity contribution in [3.05, 3.63) is 53.6 Å².